The van der Waals surface area contributed by atoms with Gasteiger partial charge in [-0.15, -0.1) is 0 Å². The van der Waals surface area contributed by atoms with E-state index in [9.17, 15) is 0 Å². The fraction of sp³-hybridized carbons (Fsp3) is 0.333. The van der Waals surface area contributed by atoms with E-state index in [-0.39, 0.29) is 0 Å². The molecule has 70 valence electrons. The molecule has 0 unspecified atom stereocenters. The first-order valence-electron chi connectivity index (χ1n) is 4.94. The van der Waals surface area contributed by atoms with Crippen LogP contribution in [0.2, 0.25) is 0 Å². The highest BCUT2D eigenvalue weighted by molar-refractivity contribution is 6.02. The van der Waals surface area contributed by atoms with Crippen LogP contribution in [0.25, 0.3) is 0 Å². The van der Waals surface area contributed by atoms with Crippen molar-refractivity contribution in [2.75, 3.05) is 6.54 Å². The second-order valence-corrected chi connectivity index (χ2v) is 3.44. The van der Waals surface area contributed by atoms with Crippen LogP contribution in [0.4, 0.5) is 0 Å². The summed E-state index contributed by atoms with van der Waals surface area (Å²) in [6.45, 7) is 0.912. The Morgan fingerprint density at radius 3 is 2.79 bits per heavy atom. The summed E-state index contributed by atoms with van der Waals surface area (Å²) in [5, 5.41) is 8.94. The minimum absolute atomic E-state index is 0.744. The third kappa shape index (κ3) is 1.67. The summed E-state index contributed by atoms with van der Waals surface area (Å²) < 4.78 is 0. The van der Waals surface area contributed by atoms with Gasteiger partial charge in [-0.05, 0) is 25.3 Å². The van der Waals surface area contributed by atoms with E-state index in [1.54, 1.807) is 0 Å². The third-order valence-corrected chi connectivity index (χ3v) is 2.48. The van der Waals surface area contributed by atoms with Gasteiger partial charge in [-0.3, -0.25) is 4.99 Å². The molecule has 1 aliphatic rings. The summed E-state index contributed by atoms with van der Waals surface area (Å²) in [4.78, 5) is 4.47. The molecule has 1 aromatic rings. The predicted molar refractivity (Wildman–Crippen MR) is 56.4 cm³/mol. The van der Waals surface area contributed by atoms with Gasteiger partial charge in [0.15, 0.2) is 0 Å². The molecule has 0 fully saturated rings. The lowest BCUT2D eigenvalue weighted by Crippen LogP contribution is -2.09. The van der Waals surface area contributed by atoms with Gasteiger partial charge in [0.1, 0.15) is 0 Å². The Hall–Kier alpha value is -1.62. The Balaban J connectivity index is 2.40. The lowest BCUT2D eigenvalue weighted by Gasteiger charge is -2.12. The van der Waals surface area contributed by atoms with Crippen molar-refractivity contribution in [2.45, 2.75) is 19.3 Å². The first kappa shape index (κ1) is 8.96. The normalized spacial score (nSPS) is 15.8. The monoisotopic (exact) mass is 184 g/mol. The minimum atomic E-state index is 0.744. The van der Waals surface area contributed by atoms with Gasteiger partial charge in [0.25, 0.3) is 0 Å². The van der Waals surface area contributed by atoms with Crippen LogP contribution in [0.5, 0.6) is 0 Å². The van der Waals surface area contributed by atoms with Gasteiger partial charge in [-0.1, -0.05) is 18.2 Å². The summed E-state index contributed by atoms with van der Waals surface area (Å²) in [6.07, 6.45) is 3.38. The predicted octanol–water partition coefficient (Wildman–Crippen LogP) is 2.53. The van der Waals surface area contributed by atoms with Gasteiger partial charge in [0.05, 0.1) is 11.6 Å². The molecular weight excluding hydrogens is 172 g/mol. The smallest absolute Gasteiger partial charge is 0.0998 e. The van der Waals surface area contributed by atoms with Crippen molar-refractivity contribution >= 4 is 5.71 Å². The molecule has 2 nitrogen and oxygen atoms in total. The minimum Gasteiger partial charge on any atom is -0.289 e. The zero-order chi connectivity index (χ0) is 9.80. The number of nitrogens with zero attached hydrogens (tertiary/aromatic N) is 2. The molecule has 0 amide bonds. The maximum atomic E-state index is 8.94. The average molecular weight is 184 g/mol. The Morgan fingerprint density at radius 1 is 1.21 bits per heavy atom. The Labute approximate surface area is 83.9 Å². The quantitative estimate of drug-likeness (QED) is 0.660. The zero-order valence-electron chi connectivity index (χ0n) is 8.03. The first-order valence-corrected chi connectivity index (χ1v) is 4.94. The third-order valence-electron chi connectivity index (χ3n) is 2.48. The number of rotatable bonds is 1. The molecule has 0 aromatic heterocycles. The van der Waals surface area contributed by atoms with Crippen molar-refractivity contribution in [1.82, 2.24) is 0 Å². The molecule has 0 saturated carbocycles. The highest BCUT2D eigenvalue weighted by Crippen LogP contribution is 2.16. The van der Waals surface area contributed by atoms with Gasteiger partial charge in [0.2, 0.25) is 0 Å². The second-order valence-electron chi connectivity index (χ2n) is 3.44. The number of nitriles is 1. The first-order chi connectivity index (χ1) is 6.92. The Kier molecular flexibility index (Phi) is 2.60. The molecule has 0 saturated heterocycles. The van der Waals surface area contributed by atoms with Crippen LogP contribution in [0.15, 0.2) is 29.3 Å². The van der Waals surface area contributed by atoms with Crippen LogP contribution in [-0.2, 0) is 0 Å². The number of benzene rings is 1. The van der Waals surface area contributed by atoms with Crippen molar-refractivity contribution < 1.29 is 0 Å². The number of aliphatic imine (C=N–C) groups is 1. The maximum Gasteiger partial charge on any atom is 0.0998 e. The zero-order valence-corrected chi connectivity index (χ0v) is 8.03. The SMILES string of the molecule is N#Cc1ccccc1C1=NCCCC1. The molecule has 1 aliphatic heterocycles. The van der Waals surface area contributed by atoms with Gasteiger partial charge in [0, 0.05) is 17.8 Å². The van der Waals surface area contributed by atoms with Gasteiger partial charge < -0.3 is 0 Å². The van der Waals surface area contributed by atoms with Crippen molar-refractivity contribution in [2.24, 2.45) is 4.99 Å². The fourth-order valence-corrected chi connectivity index (χ4v) is 1.75. The van der Waals surface area contributed by atoms with Crippen LogP contribution in [0.3, 0.4) is 0 Å². The molecule has 14 heavy (non-hydrogen) atoms. The highest BCUT2D eigenvalue weighted by atomic mass is 14.7. The summed E-state index contributed by atoms with van der Waals surface area (Å²) in [7, 11) is 0. The summed E-state index contributed by atoms with van der Waals surface area (Å²) in [5.41, 5.74) is 2.87. The highest BCUT2D eigenvalue weighted by Gasteiger charge is 2.10. The van der Waals surface area contributed by atoms with Crippen molar-refractivity contribution in [1.29, 1.82) is 5.26 Å². The largest absolute Gasteiger partial charge is 0.289 e. The maximum absolute atomic E-state index is 8.94. The van der Waals surface area contributed by atoms with E-state index in [4.69, 9.17) is 5.26 Å². The van der Waals surface area contributed by atoms with E-state index in [0.717, 1.165) is 29.8 Å². The lowest BCUT2D eigenvalue weighted by molar-refractivity contribution is 0.738. The summed E-state index contributed by atoms with van der Waals surface area (Å²) in [5.74, 6) is 0. The number of hydrogen-bond donors (Lipinski definition) is 0. The molecule has 2 rings (SSSR count). The van der Waals surface area contributed by atoms with Crippen LogP contribution < -0.4 is 0 Å². The van der Waals surface area contributed by atoms with E-state index >= 15 is 0 Å². The van der Waals surface area contributed by atoms with Crippen molar-refractivity contribution in [3.8, 4) is 6.07 Å². The van der Waals surface area contributed by atoms with Crippen LogP contribution in [0, 0.1) is 11.3 Å². The van der Waals surface area contributed by atoms with Gasteiger partial charge in [-0.2, -0.15) is 5.26 Å². The molecule has 1 heterocycles. The van der Waals surface area contributed by atoms with Crippen LogP contribution in [-0.4, -0.2) is 12.3 Å². The van der Waals surface area contributed by atoms with Crippen LogP contribution >= 0.6 is 0 Å². The number of hydrogen-bond acceptors (Lipinski definition) is 2. The molecular formula is C12H12N2. The fourth-order valence-electron chi connectivity index (χ4n) is 1.75. The van der Waals surface area contributed by atoms with Crippen molar-refractivity contribution in [3.63, 3.8) is 0 Å². The van der Waals surface area contributed by atoms with E-state index in [1.165, 1.54) is 12.8 Å². The van der Waals surface area contributed by atoms with E-state index in [1.807, 2.05) is 24.3 Å². The van der Waals surface area contributed by atoms with E-state index < -0.39 is 0 Å². The van der Waals surface area contributed by atoms with E-state index in [2.05, 4.69) is 11.1 Å². The van der Waals surface area contributed by atoms with E-state index in [0.29, 0.717) is 0 Å². The van der Waals surface area contributed by atoms with Gasteiger partial charge >= 0.3 is 0 Å². The molecule has 0 aliphatic carbocycles. The lowest BCUT2D eigenvalue weighted by atomic mass is 9.98. The summed E-state index contributed by atoms with van der Waals surface area (Å²) >= 11 is 0. The molecule has 2 heteroatoms. The average Bonchev–Trinajstić information content (AvgIpc) is 2.30. The molecule has 0 bridgehead atoms. The Bertz CT molecular complexity index is 399. The topological polar surface area (TPSA) is 36.1 Å². The standard InChI is InChI=1S/C12H12N2/c13-9-10-5-1-2-6-11(10)12-7-3-4-8-14-12/h1-2,5-6H,3-4,7-8H2. The molecule has 1 aromatic carbocycles. The molecule has 0 spiro atoms. The van der Waals surface area contributed by atoms with Crippen molar-refractivity contribution in [3.05, 3.63) is 35.4 Å². The molecule has 0 N–H and O–H groups in total. The molecule has 0 atom stereocenters. The van der Waals surface area contributed by atoms with Gasteiger partial charge in [-0.25, -0.2) is 0 Å². The Morgan fingerprint density at radius 2 is 2.07 bits per heavy atom. The summed E-state index contributed by atoms with van der Waals surface area (Å²) in [6, 6.07) is 9.91. The second kappa shape index (κ2) is 4.06. The molecule has 0 radical (unpaired) electrons. The van der Waals surface area contributed by atoms with Crippen LogP contribution in [0.1, 0.15) is 30.4 Å².